The Bertz CT molecular complexity index is 878. The SMILES string of the molecule is Cc1cccc(N2CC(C(=O)N3CCN(c4ncccn4)CC3)CC2=O)c1C. The van der Waals surface area contributed by atoms with Crippen LogP contribution in [0, 0.1) is 19.8 Å². The lowest BCUT2D eigenvalue weighted by Gasteiger charge is -2.35. The molecule has 1 aromatic carbocycles. The number of nitrogens with zero attached hydrogens (tertiary/aromatic N) is 5. The van der Waals surface area contributed by atoms with Crippen LogP contribution in [-0.2, 0) is 9.59 Å². The van der Waals surface area contributed by atoms with Crippen LogP contribution in [-0.4, -0.2) is 59.4 Å². The monoisotopic (exact) mass is 379 g/mol. The van der Waals surface area contributed by atoms with E-state index in [9.17, 15) is 9.59 Å². The molecule has 0 spiro atoms. The summed E-state index contributed by atoms with van der Waals surface area (Å²) in [6, 6.07) is 7.76. The number of aryl methyl sites for hydroxylation is 1. The summed E-state index contributed by atoms with van der Waals surface area (Å²) in [6.45, 7) is 7.20. The van der Waals surface area contributed by atoms with Crippen molar-refractivity contribution in [2.24, 2.45) is 5.92 Å². The molecule has 1 unspecified atom stereocenters. The molecule has 2 aliphatic heterocycles. The molecule has 2 aliphatic rings. The minimum absolute atomic E-state index is 0.0309. The highest BCUT2D eigenvalue weighted by molar-refractivity contribution is 6.01. The summed E-state index contributed by atoms with van der Waals surface area (Å²) >= 11 is 0. The Morgan fingerprint density at radius 1 is 1.04 bits per heavy atom. The molecule has 7 nitrogen and oxygen atoms in total. The lowest BCUT2D eigenvalue weighted by Crippen LogP contribution is -2.51. The standard InChI is InChI=1S/C21H25N5O2/c1-15-5-3-6-18(16(15)2)26-14-17(13-19(26)27)20(28)24-9-11-25(12-10-24)21-22-7-4-8-23-21/h3-8,17H,9-14H2,1-2H3. The van der Waals surface area contributed by atoms with Crippen molar-refractivity contribution in [2.45, 2.75) is 20.3 Å². The van der Waals surface area contributed by atoms with Gasteiger partial charge in [-0.15, -0.1) is 0 Å². The van der Waals surface area contributed by atoms with E-state index in [1.807, 2.05) is 36.9 Å². The number of carbonyl (C=O) groups excluding carboxylic acids is 2. The topological polar surface area (TPSA) is 69.6 Å². The van der Waals surface area contributed by atoms with E-state index in [4.69, 9.17) is 0 Å². The van der Waals surface area contributed by atoms with Crippen LogP contribution in [0.1, 0.15) is 17.5 Å². The summed E-state index contributed by atoms with van der Waals surface area (Å²) in [5, 5.41) is 0. The smallest absolute Gasteiger partial charge is 0.228 e. The lowest BCUT2D eigenvalue weighted by atomic mass is 10.1. The normalized spacial score (nSPS) is 20.0. The van der Waals surface area contributed by atoms with Gasteiger partial charge in [-0.3, -0.25) is 9.59 Å². The maximum Gasteiger partial charge on any atom is 0.228 e. The minimum atomic E-state index is -0.271. The van der Waals surface area contributed by atoms with Gasteiger partial charge in [0, 0.05) is 57.2 Å². The van der Waals surface area contributed by atoms with Crippen LogP contribution in [0.4, 0.5) is 11.6 Å². The Labute approximate surface area is 165 Å². The molecule has 1 aromatic heterocycles. The molecular weight excluding hydrogens is 354 g/mol. The fraction of sp³-hybridized carbons (Fsp3) is 0.429. The highest BCUT2D eigenvalue weighted by atomic mass is 16.2. The summed E-state index contributed by atoms with van der Waals surface area (Å²) in [7, 11) is 0. The Balaban J connectivity index is 1.40. The number of benzene rings is 1. The number of anilines is 2. The van der Waals surface area contributed by atoms with Gasteiger partial charge in [0.05, 0.1) is 5.92 Å². The third-order valence-corrected chi connectivity index (χ3v) is 5.77. The molecule has 2 saturated heterocycles. The van der Waals surface area contributed by atoms with Crippen molar-refractivity contribution in [1.82, 2.24) is 14.9 Å². The van der Waals surface area contributed by atoms with Gasteiger partial charge in [-0.1, -0.05) is 12.1 Å². The molecule has 0 N–H and O–H groups in total. The largest absolute Gasteiger partial charge is 0.339 e. The number of rotatable bonds is 3. The molecule has 0 radical (unpaired) electrons. The van der Waals surface area contributed by atoms with Crippen LogP contribution in [0.25, 0.3) is 0 Å². The van der Waals surface area contributed by atoms with Gasteiger partial charge in [0.2, 0.25) is 17.8 Å². The van der Waals surface area contributed by atoms with E-state index in [0.29, 0.717) is 38.7 Å². The zero-order valence-corrected chi connectivity index (χ0v) is 16.3. The van der Waals surface area contributed by atoms with Gasteiger partial charge < -0.3 is 14.7 Å². The van der Waals surface area contributed by atoms with Crippen molar-refractivity contribution in [2.75, 3.05) is 42.5 Å². The van der Waals surface area contributed by atoms with Gasteiger partial charge in [-0.2, -0.15) is 0 Å². The molecule has 2 amide bonds. The van der Waals surface area contributed by atoms with Gasteiger partial charge >= 0.3 is 0 Å². The number of carbonyl (C=O) groups is 2. The molecule has 4 rings (SSSR count). The van der Waals surface area contributed by atoms with E-state index in [0.717, 1.165) is 16.8 Å². The van der Waals surface area contributed by atoms with Crippen LogP contribution in [0.15, 0.2) is 36.7 Å². The van der Waals surface area contributed by atoms with E-state index in [1.54, 1.807) is 23.4 Å². The number of hydrogen-bond donors (Lipinski definition) is 0. The van der Waals surface area contributed by atoms with Crippen LogP contribution in [0.3, 0.4) is 0 Å². The Morgan fingerprint density at radius 3 is 2.46 bits per heavy atom. The fourth-order valence-electron chi connectivity index (χ4n) is 3.97. The van der Waals surface area contributed by atoms with E-state index in [1.165, 1.54) is 0 Å². The van der Waals surface area contributed by atoms with Gasteiger partial charge in [0.1, 0.15) is 0 Å². The molecule has 0 bridgehead atoms. The first-order chi connectivity index (χ1) is 13.5. The molecule has 1 atom stereocenters. The first-order valence-electron chi connectivity index (χ1n) is 9.72. The summed E-state index contributed by atoms with van der Waals surface area (Å²) in [5.74, 6) is 0.539. The molecule has 7 heteroatoms. The maximum atomic E-state index is 13.0. The molecule has 0 aliphatic carbocycles. The highest BCUT2D eigenvalue weighted by Gasteiger charge is 2.38. The van der Waals surface area contributed by atoms with Crippen LogP contribution >= 0.6 is 0 Å². The van der Waals surface area contributed by atoms with Gasteiger partial charge in [-0.05, 0) is 37.1 Å². The molecular formula is C21H25N5O2. The quantitative estimate of drug-likeness (QED) is 0.813. The van der Waals surface area contributed by atoms with Crippen molar-refractivity contribution in [3.8, 4) is 0 Å². The number of amides is 2. The predicted octanol–water partition coefficient (Wildman–Crippen LogP) is 1.80. The summed E-state index contributed by atoms with van der Waals surface area (Å²) < 4.78 is 0. The molecule has 146 valence electrons. The second-order valence-electron chi connectivity index (χ2n) is 7.49. The summed E-state index contributed by atoms with van der Waals surface area (Å²) in [5.41, 5.74) is 3.17. The molecule has 28 heavy (non-hydrogen) atoms. The third-order valence-electron chi connectivity index (χ3n) is 5.77. The third kappa shape index (κ3) is 3.44. The van der Waals surface area contributed by atoms with Crippen molar-refractivity contribution >= 4 is 23.5 Å². The van der Waals surface area contributed by atoms with Crippen molar-refractivity contribution < 1.29 is 9.59 Å². The van der Waals surface area contributed by atoms with Gasteiger partial charge in [0.15, 0.2) is 0 Å². The molecule has 0 saturated carbocycles. The number of piperazine rings is 1. The van der Waals surface area contributed by atoms with Crippen LogP contribution < -0.4 is 9.80 Å². The molecule has 2 aromatic rings. The fourth-order valence-corrected chi connectivity index (χ4v) is 3.97. The first-order valence-corrected chi connectivity index (χ1v) is 9.72. The minimum Gasteiger partial charge on any atom is -0.339 e. The first kappa shape index (κ1) is 18.4. The van der Waals surface area contributed by atoms with E-state index >= 15 is 0 Å². The second-order valence-corrected chi connectivity index (χ2v) is 7.49. The number of hydrogen-bond acceptors (Lipinski definition) is 5. The zero-order valence-electron chi connectivity index (χ0n) is 16.3. The van der Waals surface area contributed by atoms with Gasteiger partial charge in [0.25, 0.3) is 0 Å². The average Bonchev–Trinajstić information content (AvgIpc) is 3.12. The lowest BCUT2D eigenvalue weighted by molar-refractivity contribution is -0.136. The van der Waals surface area contributed by atoms with Crippen molar-refractivity contribution in [3.63, 3.8) is 0 Å². The van der Waals surface area contributed by atoms with Crippen molar-refractivity contribution in [3.05, 3.63) is 47.8 Å². The Morgan fingerprint density at radius 2 is 1.75 bits per heavy atom. The zero-order chi connectivity index (χ0) is 19.7. The summed E-state index contributed by atoms with van der Waals surface area (Å²) in [4.78, 5) is 39.9. The summed E-state index contributed by atoms with van der Waals surface area (Å²) in [6.07, 6.45) is 3.74. The predicted molar refractivity (Wildman–Crippen MR) is 107 cm³/mol. The molecule has 3 heterocycles. The number of aromatic nitrogens is 2. The van der Waals surface area contributed by atoms with E-state index < -0.39 is 0 Å². The average molecular weight is 379 g/mol. The van der Waals surface area contributed by atoms with E-state index in [2.05, 4.69) is 14.9 Å². The van der Waals surface area contributed by atoms with Crippen LogP contribution in [0.2, 0.25) is 0 Å². The highest BCUT2D eigenvalue weighted by Crippen LogP contribution is 2.30. The van der Waals surface area contributed by atoms with E-state index in [-0.39, 0.29) is 24.2 Å². The van der Waals surface area contributed by atoms with Crippen molar-refractivity contribution in [1.29, 1.82) is 0 Å². The Hall–Kier alpha value is -2.96. The Kier molecular flexibility index (Phi) is 4.98. The van der Waals surface area contributed by atoms with Gasteiger partial charge in [-0.25, -0.2) is 9.97 Å². The van der Waals surface area contributed by atoms with Crippen LogP contribution in [0.5, 0.6) is 0 Å². The maximum absolute atomic E-state index is 13.0. The molecule has 2 fully saturated rings. The second kappa shape index (κ2) is 7.58.